The maximum absolute atomic E-state index is 9.10. The van der Waals surface area contributed by atoms with Gasteiger partial charge >= 0.3 is 0 Å². The molecular weight excluding hydrogens is 212 g/mol. The Morgan fingerprint density at radius 3 is 2.06 bits per heavy atom. The first-order chi connectivity index (χ1) is 8.04. The minimum atomic E-state index is 0.208. The highest BCUT2D eigenvalue weighted by atomic mass is 16.5. The highest BCUT2D eigenvalue weighted by molar-refractivity contribution is 5.29. The van der Waals surface area contributed by atoms with E-state index in [1.54, 1.807) is 0 Å². The molecule has 0 saturated carbocycles. The lowest BCUT2D eigenvalue weighted by molar-refractivity contribution is 0.242. The molecule has 0 aliphatic rings. The summed E-state index contributed by atoms with van der Waals surface area (Å²) in [6.45, 7) is 8.68. The van der Waals surface area contributed by atoms with E-state index in [1.165, 1.54) is 5.56 Å². The molecule has 1 atom stereocenters. The second-order valence-electron chi connectivity index (χ2n) is 5.10. The van der Waals surface area contributed by atoms with Crippen molar-refractivity contribution in [3.63, 3.8) is 0 Å². The average molecular weight is 236 g/mol. The molecule has 96 valence electrons. The highest BCUT2D eigenvalue weighted by Gasteiger charge is 2.15. The second kappa shape index (κ2) is 6.65. The van der Waals surface area contributed by atoms with E-state index in [9.17, 15) is 0 Å². The van der Waals surface area contributed by atoms with Crippen molar-refractivity contribution in [2.45, 2.75) is 46.1 Å². The maximum Gasteiger partial charge on any atom is 0.119 e. The van der Waals surface area contributed by atoms with Crippen molar-refractivity contribution >= 4 is 0 Å². The largest absolute Gasteiger partial charge is 0.491 e. The number of rotatable bonds is 6. The summed E-state index contributed by atoms with van der Waals surface area (Å²) in [4.78, 5) is 0. The van der Waals surface area contributed by atoms with Crippen LogP contribution < -0.4 is 4.74 Å². The van der Waals surface area contributed by atoms with E-state index >= 15 is 0 Å². The summed E-state index contributed by atoms with van der Waals surface area (Å²) in [6.07, 6.45) is 1.03. The van der Waals surface area contributed by atoms with Gasteiger partial charge in [0.15, 0.2) is 0 Å². The molecule has 0 aliphatic heterocycles. The van der Waals surface area contributed by atoms with Gasteiger partial charge in [-0.15, -0.1) is 0 Å². The predicted octanol–water partition coefficient (Wildman–Crippen LogP) is 3.60. The van der Waals surface area contributed by atoms with Crippen LogP contribution in [0, 0.1) is 5.92 Å². The van der Waals surface area contributed by atoms with E-state index in [0.717, 1.165) is 12.2 Å². The summed E-state index contributed by atoms with van der Waals surface area (Å²) in [5.74, 6) is 1.88. The molecule has 2 heteroatoms. The predicted molar refractivity (Wildman–Crippen MR) is 71.5 cm³/mol. The number of aliphatic hydroxyl groups is 1. The first kappa shape index (κ1) is 14.0. The fourth-order valence-electron chi connectivity index (χ4n) is 2.09. The van der Waals surface area contributed by atoms with Gasteiger partial charge in [0.05, 0.1) is 6.10 Å². The third kappa shape index (κ3) is 4.39. The quantitative estimate of drug-likeness (QED) is 0.817. The smallest absolute Gasteiger partial charge is 0.119 e. The van der Waals surface area contributed by atoms with Crippen LogP contribution in [0.3, 0.4) is 0 Å². The molecule has 1 rings (SSSR count). The van der Waals surface area contributed by atoms with Crippen molar-refractivity contribution in [2.75, 3.05) is 6.61 Å². The van der Waals surface area contributed by atoms with Crippen molar-refractivity contribution in [3.05, 3.63) is 29.8 Å². The molecule has 0 saturated heterocycles. The third-order valence-electron chi connectivity index (χ3n) is 2.92. The van der Waals surface area contributed by atoms with Gasteiger partial charge in [0.1, 0.15) is 5.75 Å². The van der Waals surface area contributed by atoms with Gasteiger partial charge in [-0.2, -0.15) is 0 Å². The Kier molecular flexibility index (Phi) is 5.49. The molecule has 0 fully saturated rings. The Morgan fingerprint density at radius 2 is 1.65 bits per heavy atom. The van der Waals surface area contributed by atoms with Gasteiger partial charge in [-0.25, -0.2) is 0 Å². The molecular formula is C15H24O2. The van der Waals surface area contributed by atoms with Crippen LogP contribution in [0.1, 0.15) is 45.6 Å². The molecule has 1 aromatic rings. The van der Waals surface area contributed by atoms with Gasteiger partial charge in [-0.1, -0.05) is 26.0 Å². The number of ether oxygens (including phenoxy) is 1. The number of benzene rings is 1. The molecule has 0 heterocycles. The fourth-order valence-corrected chi connectivity index (χ4v) is 2.09. The SMILES string of the molecule is CC(C)Oc1ccc(C(CCO)C(C)C)cc1. The Bertz CT molecular complexity index is 314. The van der Waals surface area contributed by atoms with Crippen molar-refractivity contribution in [3.8, 4) is 5.75 Å². The maximum atomic E-state index is 9.10. The molecule has 1 aromatic carbocycles. The van der Waals surface area contributed by atoms with Gasteiger partial charge in [-0.05, 0) is 49.8 Å². The molecule has 1 N–H and O–H groups in total. The van der Waals surface area contributed by atoms with Gasteiger partial charge in [0.25, 0.3) is 0 Å². The van der Waals surface area contributed by atoms with Crippen molar-refractivity contribution < 1.29 is 9.84 Å². The van der Waals surface area contributed by atoms with Crippen molar-refractivity contribution in [1.29, 1.82) is 0 Å². The standard InChI is InChI=1S/C15H24O2/c1-11(2)15(9-10-16)13-5-7-14(8-6-13)17-12(3)4/h5-8,11-12,15-16H,9-10H2,1-4H3. The molecule has 0 spiro atoms. The van der Waals surface area contributed by atoms with E-state index in [-0.39, 0.29) is 12.7 Å². The third-order valence-corrected chi connectivity index (χ3v) is 2.92. The van der Waals surface area contributed by atoms with E-state index in [1.807, 2.05) is 26.0 Å². The molecule has 0 bridgehead atoms. The fraction of sp³-hybridized carbons (Fsp3) is 0.600. The van der Waals surface area contributed by atoms with Gasteiger partial charge < -0.3 is 9.84 Å². The highest BCUT2D eigenvalue weighted by Crippen LogP contribution is 2.29. The molecule has 0 amide bonds. The summed E-state index contributed by atoms with van der Waals surface area (Å²) in [5, 5.41) is 9.10. The second-order valence-corrected chi connectivity index (χ2v) is 5.10. The molecule has 0 aromatic heterocycles. The molecule has 2 nitrogen and oxygen atoms in total. The van der Waals surface area contributed by atoms with Crippen LogP contribution >= 0.6 is 0 Å². The molecule has 0 radical (unpaired) electrons. The zero-order valence-corrected chi connectivity index (χ0v) is 11.3. The Balaban J connectivity index is 2.77. The zero-order valence-electron chi connectivity index (χ0n) is 11.3. The molecule has 17 heavy (non-hydrogen) atoms. The summed E-state index contributed by atoms with van der Waals surface area (Å²) in [7, 11) is 0. The lowest BCUT2D eigenvalue weighted by Crippen LogP contribution is -2.09. The minimum absolute atomic E-state index is 0.208. The summed E-state index contributed by atoms with van der Waals surface area (Å²) < 4.78 is 5.62. The van der Waals surface area contributed by atoms with E-state index in [0.29, 0.717) is 11.8 Å². The van der Waals surface area contributed by atoms with E-state index in [2.05, 4.69) is 26.0 Å². The topological polar surface area (TPSA) is 29.5 Å². The Labute approximate surface area is 105 Å². The van der Waals surface area contributed by atoms with E-state index < -0.39 is 0 Å². The molecule has 1 unspecified atom stereocenters. The Morgan fingerprint density at radius 1 is 1.06 bits per heavy atom. The average Bonchev–Trinajstić information content (AvgIpc) is 2.26. The van der Waals surface area contributed by atoms with Gasteiger partial charge in [0, 0.05) is 6.61 Å². The van der Waals surface area contributed by atoms with Crippen LogP contribution in [0.15, 0.2) is 24.3 Å². The minimum Gasteiger partial charge on any atom is -0.491 e. The normalized spacial score (nSPS) is 13.1. The number of hydrogen-bond acceptors (Lipinski definition) is 2. The first-order valence-electron chi connectivity index (χ1n) is 6.42. The van der Waals surface area contributed by atoms with Gasteiger partial charge in [0.2, 0.25) is 0 Å². The Hall–Kier alpha value is -1.02. The van der Waals surface area contributed by atoms with E-state index in [4.69, 9.17) is 9.84 Å². The zero-order chi connectivity index (χ0) is 12.8. The van der Waals surface area contributed by atoms with Crippen LogP contribution in [0.2, 0.25) is 0 Å². The molecule has 0 aliphatic carbocycles. The van der Waals surface area contributed by atoms with Crippen LogP contribution in [0.5, 0.6) is 5.75 Å². The van der Waals surface area contributed by atoms with Crippen LogP contribution in [0.25, 0.3) is 0 Å². The van der Waals surface area contributed by atoms with Crippen LogP contribution in [-0.2, 0) is 0 Å². The lowest BCUT2D eigenvalue weighted by atomic mass is 9.86. The summed E-state index contributed by atoms with van der Waals surface area (Å²) in [5.41, 5.74) is 1.28. The van der Waals surface area contributed by atoms with Crippen molar-refractivity contribution in [2.24, 2.45) is 5.92 Å². The van der Waals surface area contributed by atoms with Gasteiger partial charge in [-0.3, -0.25) is 0 Å². The lowest BCUT2D eigenvalue weighted by Gasteiger charge is -2.21. The summed E-state index contributed by atoms with van der Waals surface area (Å²) in [6, 6.07) is 8.25. The summed E-state index contributed by atoms with van der Waals surface area (Å²) >= 11 is 0. The van der Waals surface area contributed by atoms with Crippen LogP contribution in [-0.4, -0.2) is 17.8 Å². The number of aliphatic hydroxyl groups excluding tert-OH is 1. The number of hydrogen-bond donors (Lipinski definition) is 1. The van der Waals surface area contributed by atoms with Crippen molar-refractivity contribution in [1.82, 2.24) is 0 Å². The van der Waals surface area contributed by atoms with Crippen LogP contribution in [0.4, 0.5) is 0 Å². The monoisotopic (exact) mass is 236 g/mol. The first-order valence-corrected chi connectivity index (χ1v) is 6.42.